The fraction of sp³-hybridized carbons (Fsp3) is 0.474. The van der Waals surface area contributed by atoms with Crippen molar-refractivity contribution < 1.29 is 4.79 Å². The van der Waals surface area contributed by atoms with Gasteiger partial charge in [-0.2, -0.15) is 5.10 Å². The Balaban J connectivity index is 1.42. The SMILES string of the molecule is CN(c1cccnn1)[C@@H]1CC[C@@H]2CN(C(=O)Cc3cccnc3)C[C@@H]21. The van der Waals surface area contributed by atoms with E-state index >= 15 is 0 Å². The van der Waals surface area contributed by atoms with Crippen molar-refractivity contribution in [3.63, 3.8) is 0 Å². The zero-order chi connectivity index (χ0) is 17.2. The molecule has 6 heteroatoms. The molecule has 1 amide bonds. The predicted octanol–water partition coefficient (Wildman–Crippen LogP) is 1.79. The van der Waals surface area contributed by atoms with E-state index in [9.17, 15) is 4.79 Å². The minimum absolute atomic E-state index is 0.211. The van der Waals surface area contributed by atoms with E-state index in [0.29, 0.717) is 24.3 Å². The lowest BCUT2D eigenvalue weighted by atomic mass is 9.97. The number of pyridine rings is 1. The second kappa shape index (κ2) is 6.78. The molecule has 1 saturated carbocycles. The van der Waals surface area contributed by atoms with Crippen LogP contribution in [0.3, 0.4) is 0 Å². The molecule has 4 rings (SSSR count). The molecular weight excluding hydrogens is 314 g/mol. The second-order valence-electron chi connectivity index (χ2n) is 7.10. The van der Waals surface area contributed by atoms with Gasteiger partial charge in [-0.05, 0) is 42.5 Å². The summed E-state index contributed by atoms with van der Waals surface area (Å²) in [6, 6.07) is 8.20. The molecule has 3 atom stereocenters. The number of carbonyl (C=O) groups excluding carboxylic acids is 1. The smallest absolute Gasteiger partial charge is 0.227 e. The minimum Gasteiger partial charge on any atom is -0.355 e. The monoisotopic (exact) mass is 337 g/mol. The van der Waals surface area contributed by atoms with Gasteiger partial charge >= 0.3 is 0 Å². The Morgan fingerprint density at radius 1 is 1.24 bits per heavy atom. The third-order valence-electron chi connectivity index (χ3n) is 5.67. The molecule has 1 saturated heterocycles. The maximum atomic E-state index is 12.7. The van der Waals surface area contributed by atoms with Crippen molar-refractivity contribution in [1.29, 1.82) is 0 Å². The maximum Gasteiger partial charge on any atom is 0.227 e. The number of anilines is 1. The molecule has 2 aromatic heterocycles. The molecule has 130 valence electrons. The van der Waals surface area contributed by atoms with E-state index in [1.165, 1.54) is 6.42 Å². The fourth-order valence-electron chi connectivity index (χ4n) is 4.36. The Labute approximate surface area is 147 Å². The molecule has 0 unspecified atom stereocenters. The summed E-state index contributed by atoms with van der Waals surface area (Å²) in [5.41, 5.74) is 0.984. The summed E-state index contributed by atoms with van der Waals surface area (Å²) in [6.45, 7) is 1.73. The van der Waals surface area contributed by atoms with Gasteiger partial charge in [0.25, 0.3) is 0 Å². The number of likely N-dealkylation sites (tertiary alicyclic amines) is 1. The molecule has 3 heterocycles. The van der Waals surface area contributed by atoms with Crippen LogP contribution in [0.25, 0.3) is 0 Å². The standard InChI is InChI=1S/C19H23N5O/c1-23(18-5-3-9-21-22-18)17-7-6-15-12-24(13-16(15)17)19(25)10-14-4-2-8-20-11-14/h2-5,8-9,11,15-17H,6-7,10,12-13H2,1H3/t15-,16+,17-/m1/s1. The van der Waals surface area contributed by atoms with Crippen LogP contribution >= 0.6 is 0 Å². The largest absolute Gasteiger partial charge is 0.355 e. The number of amides is 1. The number of hydrogen-bond acceptors (Lipinski definition) is 5. The molecule has 0 spiro atoms. The van der Waals surface area contributed by atoms with Crippen molar-refractivity contribution in [3.05, 3.63) is 48.4 Å². The first-order valence-electron chi connectivity index (χ1n) is 8.89. The first-order valence-corrected chi connectivity index (χ1v) is 8.89. The molecule has 2 aliphatic rings. The second-order valence-corrected chi connectivity index (χ2v) is 7.10. The Bertz CT molecular complexity index is 723. The highest BCUT2D eigenvalue weighted by molar-refractivity contribution is 5.79. The van der Waals surface area contributed by atoms with Gasteiger partial charge in [0.15, 0.2) is 5.82 Å². The van der Waals surface area contributed by atoms with Crippen LogP contribution in [-0.4, -0.2) is 52.2 Å². The Morgan fingerprint density at radius 2 is 2.12 bits per heavy atom. The summed E-state index contributed by atoms with van der Waals surface area (Å²) in [7, 11) is 2.09. The van der Waals surface area contributed by atoms with Crippen LogP contribution in [0.5, 0.6) is 0 Å². The van der Waals surface area contributed by atoms with E-state index in [0.717, 1.165) is 30.9 Å². The molecule has 0 radical (unpaired) electrons. The number of fused-ring (bicyclic) bond motifs is 1. The van der Waals surface area contributed by atoms with Gasteiger partial charge < -0.3 is 9.80 Å². The first-order chi connectivity index (χ1) is 12.2. The van der Waals surface area contributed by atoms with E-state index < -0.39 is 0 Å². The van der Waals surface area contributed by atoms with Gasteiger partial charge in [-0.25, -0.2) is 0 Å². The van der Waals surface area contributed by atoms with Gasteiger partial charge in [-0.15, -0.1) is 5.10 Å². The summed E-state index contributed by atoms with van der Waals surface area (Å²) in [5, 5.41) is 8.23. The Morgan fingerprint density at radius 3 is 2.88 bits per heavy atom. The van der Waals surface area contributed by atoms with Crippen LogP contribution in [0, 0.1) is 11.8 Å². The molecule has 1 aliphatic heterocycles. The van der Waals surface area contributed by atoms with Gasteiger partial charge in [0.2, 0.25) is 5.91 Å². The predicted molar refractivity (Wildman–Crippen MR) is 95.0 cm³/mol. The molecule has 6 nitrogen and oxygen atoms in total. The molecule has 0 bridgehead atoms. The van der Waals surface area contributed by atoms with Crippen molar-refractivity contribution in [2.45, 2.75) is 25.3 Å². The molecule has 0 N–H and O–H groups in total. The third kappa shape index (κ3) is 3.21. The van der Waals surface area contributed by atoms with Gasteiger partial charge in [0.1, 0.15) is 0 Å². The molecule has 2 aromatic rings. The van der Waals surface area contributed by atoms with Crippen LogP contribution in [0.2, 0.25) is 0 Å². The zero-order valence-electron chi connectivity index (χ0n) is 14.5. The van der Waals surface area contributed by atoms with Gasteiger partial charge in [-0.3, -0.25) is 9.78 Å². The quantitative estimate of drug-likeness (QED) is 0.851. The van der Waals surface area contributed by atoms with Crippen LogP contribution in [0.4, 0.5) is 5.82 Å². The van der Waals surface area contributed by atoms with E-state index in [4.69, 9.17) is 0 Å². The van der Waals surface area contributed by atoms with Crippen LogP contribution < -0.4 is 4.90 Å². The lowest BCUT2D eigenvalue weighted by molar-refractivity contribution is -0.129. The van der Waals surface area contributed by atoms with Gasteiger partial charge in [0.05, 0.1) is 6.42 Å². The van der Waals surface area contributed by atoms with E-state index in [1.54, 1.807) is 18.6 Å². The van der Waals surface area contributed by atoms with Crippen molar-refractivity contribution in [3.8, 4) is 0 Å². The summed E-state index contributed by atoms with van der Waals surface area (Å²) < 4.78 is 0. The third-order valence-corrected chi connectivity index (χ3v) is 5.67. The van der Waals surface area contributed by atoms with Crippen molar-refractivity contribution in [2.75, 3.05) is 25.0 Å². The molecule has 25 heavy (non-hydrogen) atoms. The minimum atomic E-state index is 0.211. The highest BCUT2D eigenvalue weighted by Gasteiger charge is 2.45. The van der Waals surface area contributed by atoms with Gasteiger partial charge in [-0.1, -0.05) is 6.07 Å². The number of nitrogens with zero attached hydrogens (tertiary/aromatic N) is 5. The lowest BCUT2D eigenvalue weighted by Gasteiger charge is -2.30. The number of hydrogen-bond donors (Lipinski definition) is 0. The topological polar surface area (TPSA) is 62.2 Å². The Hall–Kier alpha value is -2.50. The van der Waals surface area contributed by atoms with Crippen molar-refractivity contribution in [2.24, 2.45) is 11.8 Å². The highest BCUT2D eigenvalue weighted by atomic mass is 16.2. The first kappa shape index (κ1) is 16.0. The van der Waals surface area contributed by atoms with E-state index in [-0.39, 0.29) is 5.91 Å². The van der Waals surface area contributed by atoms with Crippen LogP contribution in [-0.2, 0) is 11.2 Å². The molecule has 0 aromatic carbocycles. The highest BCUT2D eigenvalue weighted by Crippen LogP contribution is 2.41. The number of aromatic nitrogens is 3. The fourth-order valence-corrected chi connectivity index (χ4v) is 4.36. The molecular formula is C19H23N5O. The normalized spacial score (nSPS) is 25.0. The van der Waals surface area contributed by atoms with Crippen LogP contribution in [0.1, 0.15) is 18.4 Å². The summed E-state index contributed by atoms with van der Waals surface area (Å²) >= 11 is 0. The van der Waals surface area contributed by atoms with Gasteiger partial charge in [0, 0.05) is 50.7 Å². The Kier molecular flexibility index (Phi) is 4.34. The summed E-state index contributed by atoms with van der Waals surface area (Å²) in [4.78, 5) is 21.0. The zero-order valence-corrected chi connectivity index (χ0v) is 14.5. The summed E-state index contributed by atoms with van der Waals surface area (Å²) in [6.07, 6.45) is 7.99. The number of rotatable bonds is 4. The lowest BCUT2D eigenvalue weighted by Crippen LogP contribution is -2.39. The van der Waals surface area contributed by atoms with E-state index in [1.807, 2.05) is 29.2 Å². The molecule has 2 fully saturated rings. The average molecular weight is 337 g/mol. The van der Waals surface area contributed by atoms with Crippen molar-refractivity contribution >= 4 is 11.7 Å². The van der Waals surface area contributed by atoms with Crippen LogP contribution in [0.15, 0.2) is 42.9 Å². The maximum absolute atomic E-state index is 12.7. The average Bonchev–Trinajstić information content (AvgIpc) is 3.23. The summed E-state index contributed by atoms with van der Waals surface area (Å²) in [5.74, 6) is 2.24. The molecule has 1 aliphatic carbocycles. The van der Waals surface area contributed by atoms with Crippen molar-refractivity contribution in [1.82, 2.24) is 20.1 Å². The number of carbonyl (C=O) groups is 1. The van der Waals surface area contributed by atoms with E-state index in [2.05, 4.69) is 27.1 Å².